The van der Waals surface area contributed by atoms with Crippen LogP contribution in [0.2, 0.25) is 0 Å². The molecule has 1 aliphatic rings. The SMILES string of the molecule is CCN(CC)S(=O)(=O)c1c[nH]c(C(=O)NC2CC(O)C2)c1. The lowest BCUT2D eigenvalue weighted by Crippen LogP contribution is -2.46. The molecule has 1 aromatic heterocycles. The van der Waals surface area contributed by atoms with Crippen LogP contribution in [0, 0.1) is 0 Å². The van der Waals surface area contributed by atoms with Gasteiger partial charge < -0.3 is 15.4 Å². The van der Waals surface area contributed by atoms with E-state index in [0.29, 0.717) is 25.9 Å². The first-order chi connectivity index (χ1) is 9.88. The summed E-state index contributed by atoms with van der Waals surface area (Å²) in [6, 6.07) is 1.30. The van der Waals surface area contributed by atoms with Crippen LogP contribution in [0.25, 0.3) is 0 Å². The molecule has 7 nitrogen and oxygen atoms in total. The van der Waals surface area contributed by atoms with Gasteiger partial charge in [-0.1, -0.05) is 13.8 Å². The summed E-state index contributed by atoms with van der Waals surface area (Å²) < 4.78 is 25.9. The van der Waals surface area contributed by atoms with Gasteiger partial charge >= 0.3 is 0 Å². The number of nitrogens with zero attached hydrogens (tertiary/aromatic N) is 1. The predicted molar refractivity (Wildman–Crippen MR) is 77.4 cm³/mol. The minimum Gasteiger partial charge on any atom is -0.393 e. The van der Waals surface area contributed by atoms with E-state index >= 15 is 0 Å². The number of hydrogen-bond donors (Lipinski definition) is 3. The first-order valence-corrected chi connectivity index (χ1v) is 8.50. The largest absolute Gasteiger partial charge is 0.393 e. The van der Waals surface area contributed by atoms with Gasteiger partial charge in [-0.05, 0) is 18.9 Å². The number of sulfonamides is 1. The van der Waals surface area contributed by atoms with Crippen LogP contribution in [-0.2, 0) is 10.0 Å². The number of nitrogens with one attached hydrogen (secondary N) is 2. The van der Waals surface area contributed by atoms with Crippen molar-refractivity contribution in [1.82, 2.24) is 14.6 Å². The van der Waals surface area contributed by atoms with E-state index in [-0.39, 0.29) is 28.6 Å². The lowest BCUT2D eigenvalue weighted by molar-refractivity contribution is 0.0561. The van der Waals surface area contributed by atoms with Crippen molar-refractivity contribution in [2.75, 3.05) is 13.1 Å². The molecule has 8 heteroatoms. The summed E-state index contributed by atoms with van der Waals surface area (Å²) in [5.41, 5.74) is 0.210. The summed E-state index contributed by atoms with van der Waals surface area (Å²) >= 11 is 0. The third-order valence-corrected chi connectivity index (χ3v) is 5.72. The van der Waals surface area contributed by atoms with Gasteiger partial charge in [0.25, 0.3) is 5.91 Å². The number of carbonyl (C=O) groups is 1. The Labute approximate surface area is 124 Å². The molecule has 1 aliphatic carbocycles. The van der Waals surface area contributed by atoms with Crippen molar-refractivity contribution in [2.45, 2.75) is 43.7 Å². The molecule has 118 valence electrons. The van der Waals surface area contributed by atoms with Crippen LogP contribution in [-0.4, -0.2) is 54.0 Å². The zero-order valence-corrected chi connectivity index (χ0v) is 13.0. The third kappa shape index (κ3) is 3.28. The number of aromatic nitrogens is 1. The van der Waals surface area contributed by atoms with E-state index in [2.05, 4.69) is 10.3 Å². The van der Waals surface area contributed by atoms with Crippen molar-refractivity contribution < 1.29 is 18.3 Å². The number of amides is 1. The molecule has 1 amide bonds. The zero-order valence-electron chi connectivity index (χ0n) is 12.2. The highest BCUT2D eigenvalue weighted by molar-refractivity contribution is 7.89. The topological polar surface area (TPSA) is 103 Å². The maximum atomic E-state index is 12.3. The standard InChI is InChI=1S/C13H21N3O4S/c1-3-16(4-2)21(19,20)11-7-12(14-8-11)13(18)15-9-5-10(17)6-9/h7-10,14,17H,3-6H2,1-2H3,(H,15,18). The van der Waals surface area contributed by atoms with Crippen LogP contribution in [0.15, 0.2) is 17.2 Å². The highest BCUT2D eigenvalue weighted by atomic mass is 32.2. The van der Waals surface area contributed by atoms with Crippen LogP contribution < -0.4 is 5.32 Å². The van der Waals surface area contributed by atoms with Gasteiger partial charge in [0.15, 0.2) is 0 Å². The second-order valence-electron chi connectivity index (χ2n) is 5.13. The molecule has 1 heterocycles. The molecule has 21 heavy (non-hydrogen) atoms. The number of aliphatic hydroxyl groups excluding tert-OH is 1. The monoisotopic (exact) mass is 315 g/mol. The number of aliphatic hydroxyl groups is 1. The number of aromatic amines is 1. The first kappa shape index (κ1) is 16.0. The maximum Gasteiger partial charge on any atom is 0.267 e. The number of H-pyrrole nitrogens is 1. The van der Waals surface area contributed by atoms with E-state index in [1.54, 1.807) is 13.8 Å². The van der Waals surface area contributed by atoms with E-state index in [0.717, 1.165) is 0 Å². The van der Waals surface area contributed by atoms with Gasteiger partial charge in [0.05, 0.1) is 6.10 Å². The van der Waals surface area contributed by atoms with E-state index in [1.807, 2.05) is 0 Å². The Hall–Kier alpha value is -1.38. The smallest absolute Gasteiger partial charge is 0.267 e. The summed E-state index contributed by atoms with van der Waals surface area (Å²) in [6.45, 7) is 4.30. The summed E-state index contributed by atoms with van der Waals surface area (Å²) in [5, 5.41) is 11.9. The van der Waals surface area contributed by atoms with Crippen molar-refractivity contribution >= 4 is 15.9 Å². The Balaban J connectivity index is 2.08. The molecule has 0 bridgehead atoms. The Morgan fingerprint density at radius 3 is 2.57 bits per heavy atom. The molecular formula is C13H21N3O4S. The highest BCUT2D eigenvalue weighted by Crippen LogP contribution is 2.21. The molecule has 1 fully saturated rings. The second-order valence-corrected chi connectivity index (χ2v) is 7.07. The molecule has 2 rings (SSSR count). The quantitative estimate of drug-likeness (QED) is 0.702. The fourth-order valence-electron chi connectivity index (χ4n) is 2.34. The van der Waals surface area contributed by atoms with Gasteiger partial charge in [-0.15, -0.1) is 0 Å². The minimum atomic E-state index is -3.56. The molecule has 0 radical (unpaired) electrons. The summed E-state index contributed by atoms with van der Waals surface area (Å²) in [7, 11) is -3.56. The fraction of sp³-hybridized carbons (Fsp3) is 0.615. The lowest BCUT2D eigenvalue weighted by atomic mass is 9.89. The van der Waals surface area contributed by atoms with Gasteiger partial charge in [-0.2, -0.15) is 4.31 Å². The average molecular weight is 315 g/mol. The van der Waals surface area contributed by atoms with Crippen LogP contribution in [0.1, 0.15) is 37.2 Å². The third-order valence-electron chi connectivity index (χ3n) is 3.69. The molecule has 0 spiro atoms. The van der Waals surface area contributed by atoms with Crippen LogP contribution >= 0.6 is 0 Å². The molecule has 0 unspecified atom stereocenters. The Morgan fingerprint density at radius 1 is 1.43 bits per heavy atom. The van der Waals surface area contributed by atoms with Crippen molar-refractivity contribution in [2.24, 2.45) is 0 Å². The Morgan fingerprint density at radius 2 is 2.05 bits per heavy atom. The number of carbonyl (C=O) groups excluding carboxylic acids is 1. The lowest BCUT2D eigenvalue weighted by Gasteiger charge is -2.31. The predicted octanol–water partition coefficient (Wildman–Crippen LogP) is 0.298. The second kappa shape index (κ2) is 6.17. The normalized spacial score (nSPS) is 22.1. The Bertz CT molecular complexity index is 601. The van der Waals surface area contributed by atoms with Crippen LogP contribution in [0.5, 0.6) is 0 Å². The molecular weight excluding hydrogens is 294 g/mol. The maximum absolute atomic E-state index is 12.3. The number of rotatable bonds is 6. The van der Waals surface area contributed by atoms with E-state index in [4.69, 9.17) is 0 Å². The molecule has 0 atom stereocenters. The number of hydrogen-bond acceptors (Lipinski definition) is 4. The molecule has 0 aliphatic heterocycles. The molecule has 3 N–H and O–H groups in total. The highest BCUT2D eigenvalue weighted by Gasteiger charge is 2.29. The Kier molecular flexibility index (Phi) is 4.70. The van der Waals surface area contributed by atoms with E-state index in [1.165, 1.54) is 16.6 Å². The molecule has 0 aromatic carbocycles. The van der Waals surface area contributed by atoms with Gasteiger partial charge in [0.2, 0.25) is 10.0 Å². The molecule has 1 aromatic rings. The first-order valence-electron chi connectivity index (χ1n) is 7.06. The van der Waals surface area contributed by atoms with Gasteiger partial charge in [-0.25, -0.2) is 8.42 Å². The average Bonchev–Trinajstić information content (AvgIpc) is 2.88. The van der Waals surface area contributed by atoms with Crippen LogP contribution in [0.3, 0.4) is 0 Å². The van der Waals surface area contributed by atoms with Crippen molar-refractivity contribution in [3.05, 3.63) is 18.0 Å². The summed E-state index contributed by atoms with van der Waals surface area (Å²) in [5.74, 6) is -0.354. The van der Waals surface area contributed by atoms with Gasteiger partial charge in [0.1, 0.15) is 10.6 Å². The minimum absolute atomic E-state index is 0.0429. The van der Waals surface area contributed by atoms with Crippen molar-refractivity contribution in [3.63, 3.8) is 0 Å². The van der Waals surface area contributed by atoms with Gasteiger partial charge in [-0.3, -0.25) is 4.79 Å². The van der Waals surface area contributed by atoms with Gasteiger partial charge in [0, 0.05) is 25.3 Å². The summed E-state index contributed by atoms with van der Waals surface area (Å²) in [6.07, 6.45) is 2.06. The molecule has 0 saturated heterocycles. The van der Waals surface area contributed by atoms with Crippen molar-refractivity contribution in [3.8, 4) is 0 Å². The van der Waals surface area contributed by atoms with E-state index in [9.17, 15) is 18.3 Å². The van der Waals surface area contributed by atoms with Crippen molar-refractivity contribution in [1.29, 1.82) is 0 Å². The molecule has 1 saturated carbocycles. The van der Waals surface area contributed by atoms with E-state index < -0.39 is 10.0 Å². The van der Waals surface area contributed by atoms with Crippen LogP contribution in [0.4, 0.5) is 0 Å². The zero-order chi connectivity index (χ0) is 15.6. The summed E-state index contributed by atoms with van der Waals surface area (Å²) in [4.78, 5) is 14.8. The fourth-order valence-corrected chi connectivity index (χ4v) is 3.79.